The molecule has 0 aliphatic carbocycles. The van der Waals surface area contributed by atoms with Crippen LogP contribution in [0.4, 0.5) is 10.1 Å². The highest BCUT2D eigenvalue weighted by Gasteiger charge is 2.10. The minimum Gasteiger partial charge on any atom is -0.399 e. The van der Waals surface area contributed by atoms with Gasteiger partial charge in [0.2, 0.25) is 5.91 Å². The van der Waals surface area contributed by atoms with E-state index in [4.69, 9.17) is 11.5 Å². The predicted octanol–water partition coefficient (Wildman–Crippen LogP) is 1.90. The van der Waals surface area contributed by atoms with Gasteiger partial charge in [-0.15, -0.1) is 0 Å². The zero-order chi connectivity index (χ0) is 15.2. The van der Waals surface area contributed by atoms with E-state index in [1.54, 1.807) is 12.1 Å². The molecule has 0 aliphatic rings. The standard InChI is InChI=1S/C16H18FN3O/c17-14-5-1-3-12(7-14)9-20(11-16(19)21)10-13-4-2-6-15(18)8-13/h1-8H,9-11,18H2,(H2,19,21). The van der Waals surface area contributed by atoms with Crippen molar-refractivity contribution in [1.82, 2.24) is 4.90 Å². The largest absolute Gasteiger partial charge is 0.399 e. The maximum absolute atomic E-state index is 13.2. The topological polar surface area (TPSA) is 72.4 Å². The number of rotatable bonds is 6. The van der Waals surface area contributed by atoms with Crippen molar-refractivity contribution in [2.45, 2.75) is 13.1 Å². The molecule has 110 valence electrons. The van der Waals surface area contributed by atoms with Gasteiger partial charge in [-0.1, -0.05) is 24.3 Å². The molecule has 1 amide bonds. The lowest BCUT2D eigenvalue weighted by Gasteiger charge is -2.21. The van der Waals surface area contributed by atoms with Crippen LogP contribution < -0.4 is 11.5 Å². The van der Waals surface area contributed by atoms with E-state index in [0.29, 0.717) is 18.8 Å². The molecular weight excluding hydrogens is 269 g/mol. The first-order valence-corrected chi connectivity index (χ1v) is 6.62. The van der Waals surface area contributed by atoms with E-state index in [1.807, 2.05) is 29.2 Å². The number of nitrogens with zero attached hydrogens (tertiary/aromatic N) is 1. The van der Waals surface area contributed by atoms with Gasteiger partial charge in [0.15, 0.2) is 0 Å². The maximum atomic E-state index is 13.2. The third-order valence-electron chi connectivity index (χ3n) is 3.03. The quantitative estimate of drug-likeness (QED) is 0.797. The van der Waals surface area contributed by atoms with Crippen LogP contribution in [0.15, 0.2) is 48.5 Å². The van der Waals surface area contributed by atoms with Gasteiger partial charge in [0, 0.05) is 18.8 Å². The Morgan fingerprint density at radius 3 is 2.24 bits per heavy atom. The van der Waals surface area contributed by atoms with Crippen molar-refractivity contribution in [3.05, 3.63) is 65.5 Å². The molecule has 0 bridgehead atoms. The molecule has 2 aromatic rings. The van der Waals surface area contributed by atoms with Gasteiger partial charge >= 0.3 is 0 Å². The molecule has 0 radical (unpaired) electrons. The summed E-state index contributed by atoms with van der Waals surface area (Å²) in [5.74, 6) is -0.717. The van der Waals surface area contributed by atoms with Crippen LogP contribution in [-0.2, 0) is 17.9 Å². The number of carbonyl (C=O) groups excluding carboxylic acids is 1. The molecular formula is C16H18FN3O. The van der Waals surface area contributed by atoms with E-state index in [1.165, 1.54) is 12.1 Å². The lowest BCUT2D eigenvalue weighted by atomic mass is 10.1. The molecule has 0 spiro atoms. The Labute approximate surface area is 123 Å². The molecule has 5 heteroatoms. The van der Waals surface area contributed by atoms with Crippen LogP contribution in [0.5, 0.6) is 0 Å². The number of nitrogens with two attached hydrogens (primary N) is 2. The van der Waals surface area contributed by atoms with Crippen molar-refractivity contribution in [2.75, 3.05) is 12.3 Å². The first-order valence-electron chi connectivity index (χ1n) is 6.62. The van der Waals surface area contributed by atoms with E-state index in [9.17, 15) is 9.18 Å². The Hall–Kier alpha value is -2.40. The number of halogens is 1. The van der Waals surface area contributed by atoms with Gasteiger partial charge in [0.25, 0.3) is 0 Å². The molecule has 0 fully saturated rings. The molecule has 0 unspecified atom stereocenters. The number of nitrogen functional groups attached to an aromatic ring is 1. The van der Waals surface area contributed by atoms with Crippen molar-refractivity contribution in [3.8, 4) is 0 Å². The van der Waals surface area contributed by atoms with Gasteiger partial charge in [-0.05, 0) is 35.4 Å². The first-order chi connectivity index (χ1) is 10.0. The van der Waals surface area contributed by atoms with Gasteiger partial charge in [0.05, 0.1) is 6.54 Å². The maximum Gasteiger partial charge on any atom is 0.231 e. The number of benzene rings is 2. The zero-order valence-electron chi connectivity index (χ0n) is 11.6. The van der Waals surface area contributed by atoms with E-state index >= 15 is 0 Å². The Kier molecular flexibility index (Phi) is 4.90. The molecule has 0 aliphatic heterocycles. The van der Waals surface area contributed by atoms with Crippen molar-refractivity contribution in [2.24, 2.45) is 5.73 Å². The molecule has 4 N–H and O–H groups in total. The van der Waals surface area contributed by atoms with Crippen molar-refractivity contribution < 1.29 is 9.18 Å². The first kappa shape index (κ1) is 15.0. The van der Waals surface area contributed by atoms with Crippen LogP contribution >= 0.6 is 0 Å². The molecule has 2 aromatic carbocycles. The summed E-state index contributed by atoms with van der Waals surface area (Å²) in [6, 6.07) is 13.7. The third kappa shape index (κ3) is 4.89. The van der Waals surface area contributed by atoms with Crippen LogP contribution in [0.2, 0.25) is 0 Å². The molecule has 0 saturated heterocycles. The number of anilines is 1. The number of amides is 1. The summed E-state index contributed by atoms with van der Waals surface area (Å²) in [4.78, 5) is 13.1. The Morgan fingerprint density at radius 1 is 1.05 bits per heavy atom. The molecule has 21 heavy (non-hydrogen) atoms. The minimum absolute atomic E-state index is 0.102. The highest BCUT2D eigenvalue weighted by Crippen LogP contribution is 2.13. The SMILES string of the molecule is NC(=O)CN(Cc1cccc(N)c1)Cc1cccc(F)c1. The Morgan fingerprint density at radius 2 is 1.67 bits per heavy atom. The van der Waals surface area contributed by atoms with Gasteiger partial charge in [-0.2, -0.15) is 0 Å². The van der Waals surface area contributed by atoms with Crippen LogP contribution in [-0.4, -0.2) is 17.4 Å². The van der Waals surface area contributed by atoms with Crippen LogP contribution in [0.25, 0.3) is 0 Å². The summed E-state index contributed by atoms with van der Waals surface area (Å²) in [6.45, 7) is 1.06. The summed E-state index contributed by atoms with van der Waals surface area (Å²) in [5, 5.41) is 0. The van der Waals surface area contributed by atoms with E-state index in [0.717, 1.165) is 11.1 Å². The number of hydrogen-bond donors (Lipinski definition) is 2. The monoisotopic (exact) mass is 287 g/mol. The van der Waals surface area contributed by atoms with Gasteiger partial charge < -0.3 is 11.5 Å². The van der Waals surface area contributed by atoms with Gasteiger partial charge in [-0.3, -0.25) is 9.69 Å². The lowest BCUT2D eigenvalue weighted by molar-refractivity contribution is -0.119. The Balaban J connectivity index is 2.12. The zero-order valence-corrected chi connectivity index (χ0v) is 11.6. The second-order valence-corrected chi connectivity index (χ2v) is 4.99. The van der Waals surface area contributed by atoms with Gasteiger partial charge in [0.1, 0.15) is 5.82 Å². The van der Waals surface area contributed by atoms with Crippen LogP contribution in [0.1, 0.15) is 11.1 Å². The van der Waals surface area contributed by atoms with E-state index in [-0.39, 0.29) is 12.4 Å². The molecule has 2 rings (SSSR count). The van der Waals surface area contributed by atoms with Crippen molar-refractivity contribution in [3.63, 3.8) is 0 Å². The summed E-state index contributed by atoms with van der Waals surface area (Å²) < 4.78 is 13.2. The summed E-state index contributed by atoms with van der Waals surface area (Å²) in [7, 11) is 0. The average Bonchev–Trinajstić information content (AvgIpc) is 2.37. The fraction of sp³-hybridized carbons (Fsp3) is 0.188. The lowest BCUT2D eigenvalue weighted by Crippen LogP contribution is -2.33. The van der Waals surface area contributed by atoms with Gasteiger partial charge in [-0.25, -0.2) is 4.39 Å². The molecule has 0 saturated carbocycles. The number of carbonyl (C=O) groups is 1. The van der Waals surface area contributed by atoms with Crippen molar-refractivity contribution in [1.29, 1.82) is 0 Å². The summed E-state index contributed by atoms with van der Waals surface area (Å²) >= 11 is 0. The smallest absolute Gasteiger partial charge is 0.231 e. The third-order valence-corrected chi connectivity index (χ3v) is 3.03. The van der Waals surface area contributed by atoms with E-state index in [2.05, 4.69) is 0 Å². The Bertz CT molecular complexity index is 583. The fourth-order valence-electron chi connectivity index (χ4n) is 2.23. The minimum atomic E-state index is -0.421. The molecule has 0 aromatic heterocycles. The van der Waals surface area contributed by atoms with E-state index < -0.39 is 5.91 Å². The fourth-order valence-corrected chi connectivity index (χ4v) is 2.23. The summed E-state index contributed by atoms with van der Waals surface area (Å²) in [5.41, 5.74) is 13.5. The second kappa shape index (κ2) is 6.85. The highest BCUT2D eigenvalue weighted by atomic mass is 19.1. The number of primary amides is 1. The second-order valence-electron chi connectivity index (χ2n) is 4.99. The summed E-state index contributed by atoms with van der Waals surface area (Å²) in [6.07, 6.45) is 0. The highest BCUT2D eigenvalue weighted by molar-refractivity contribution is 5.75. The van der Waals surface area contributed by atoms with Crippen LogP contribution in [0.3, 0.4) is 0 Å². The molecule has 0 atom stereocenters. The normalized spacial score (nSPS) is 10.8. The molecule has 4 nitrogen and oxygen atoms in total. The predicted molar refractivity (Wildman–Crippen MR) is 80.6 cm³/mol. The average molecular weight is 287 g/mol. The van der Waals surface area contributed by atoms with Crippen molar-refractivity contribution >= 4 is 11.6 Å². The molecule has 0 heterocycles. The van der Waals surface area contributed by atoms with Crippen LogP contribution in [0, 0.1) is 5.82 Å². The number of hydrogen-bond acceptors (Lipinski definition) is 3.